The Morgan fingerprint density at radius 3 is 2.33 bits per heavy atom. The van der Waals surface area contributed by atoms with Gasteiger partial charge in [-0.3, -0.25) is 0 Å². The molecule has 0 radical (unpaired) electrons. The Morgan fingerprint density at radius 2 is 1.70 bits per heavy atom. The first kappa shape index (κ1) is 18.6. The lowest BCUT2D eigenvalue weighted by molar-refractivity contribution is 0.262. The van der Waals surface area contributed by atoms with E-state index >= 15 is 0 Å². The van der Waals surface area contributed by atoms with Crippen molar-refractivity contribution in [3.8, 4) is 11.8 Å². The predicted molar refractivity (Wildman–Crippen MR) is 102 cm³/mol. The molecule has 0 bridgehead atoms. The highest BCUT2D eigenvalue weighted by Gasteiger charge is 2.13. The lowest BCUT2D eigenvalue weighted by Crippen LogP contribution is -2.21. The van der Waals surface area contributed by atoms with Gasteiger partial charge < -0.3 is 15.4 Å². The van der Waals surface area contributed by atoms with Gasteiger partial charge in [-0.05, 0) is 44.2 Å². The number of amides is 2. The molecule has 3 aromatic rings. The second kappa shape index (κ2) is 8.01. The number of rotatable bonds is 4. The number of aryl methyl sites for hydroxylation is 2. The van der Waals surface area contributed by atoms with E-state index in [1.54, 1.807) is 26.0 Å². The Labute approximate surface area is 160 Å². The minimum absolute atomic E-state index is 0.0779. The van der Waals surface area contributed by atoms with Crippen LogP contribution in [0, 0.1) is 19.7 Å². The number of anilines is 2. The van der Waals surface area contributed by atoms with Gasteiger partial charge >= 0.3 is 12.0 Å². The molecule has 3 rings (SSSR count). The van der Waals surface area contributed by atoms with Crippen LogP contribution < -0.4 is 15.4 Å². The first-order valence-corrected chi connectivity index (χ1v) is 8.41. The number of carbonyl (C=O) groups is 1. The number of nitrogens with zero attached hydrogens (tertiary/aromatic N) is 2. The van der Waals surface area contributed by atoms with Gasteiger partial charge in [0, 0.05) is 5.69 Å². The maximum Gasteiger partial charge on any atom is 0.323 e. The Kier molecular flexibility index (Phi) is 5.52. The fourth-order valence-electron chi connectivity index (χ4n) is 2.36. The van der Waals surface area contributed by atoms with Crippen molar-refractivity contribution in [2.45, 2.75) is 13.8 Å². The maximum absolute atomic E-state index is 13.2. The minimum Gasteiger partial charge on any atom is -0.424 e. The van der Waals surface area contributed by atoms with E-state index in [0.29, 0.717) is 28.5 Å². The summed E-state index contributed by atoms with van der Waals surface area (Å²) in [6.07, 6.45) is 0. The summed E-state index contributed by atoms with van der Waals surface area (Å²) in [7, 11) is 0. The standard InChI is InChI=1S/C19H16ClFN4O2/c1-11-17(25-18(26)24-13-8-9-16(21)15(20)10-13)12(2)23-19(22-11)27-14-6-4-3-5-7-14/h3-10H,1-2H3,(H2,24,25,26). The first-order valence-electron chi connectivity index (χ1n) is 8.03. The summed E-state index contributed by atoms with van der Waals surface area (Å²) in [5.74, 6) is 0.0552. The average molecular weight is 387 g/mol. The summed E-state index contributed by atoms with van der Waals surface area (Å²) in [6, 6.07) is 12.7. The number of urea groups is 1. The highest BCUT2D eigenvalue weighted by molar-refractivity contribution is 6.31. The lowest BCUT2D eigenvalue weighted by atomic mass is 10.3. The third kappa shape index (κ3) is 4.71. The molecule has 8 heteroatoms. The maximum atomic E-state index is 13.2. The summed E-state index contributed by atoms with van der Waals surface area (Å²) >= 11 is 5.71. The Morgan fingerprint density at radius 1 is 1.04 bits per heavy atom. The molecule has 0 aliphatic rings. The zero-order valence-corrected chi connectivity index (χ0v) is 15.3. The fraction of sp³-hybridized carbons (Fsp3) is 0.105. The number of para-hydroxylation sites is 1. The Balaban J connectivity index is 1.72. The molecule has 0 unspecified atom stereocenters. The Bertz CT molecular complexity index is 960. The van der Waals surface area contributed by atoms with Crippen LogP contribution in [0.3, 0.4) is 0 Å². The van der Waals surface area contributed by atoms with Crippen LogP contribution in [0.2, 0.25) is 5.02 Å². The van der Waals surface area contributed by atoms with E-state index < -0.39 is 11.8 Å². The molecule has 0 aliphatic carbocycles. The SMILES string of the molecule is Cc1nc(Oc2ccccc2)nc(C)c1NC(=O)Nc1ccc(F)c(Cl)c1. The lowest BCUT2D eigenvalue weighted by Gasteiger charge is -2.13. The number of nitrogens with one attached hydrogen (secondary N) is 2. The van der Waals surface area contributed by atoms with Crippen LogP contribution in [0.4, 0.5) is 20.6 Å². The van der Waals surface area contributed by atoms with E-state index in [1.165, 1.54) is 18.2 Å². The number of aromatic nitrogens is 2. The normalized spacial score (nSPS) is 10.4. The first-order chi connectivity index (χ1) is 12.9. The van der Waals surface area contributed by atoms with Crippen LogP contribution in [0.15, 0.2) is 48.5 Å². The zero-order valence-electron chi connectivity index (χ0n) is 14.6. The molecular formula is C19H16ClFN4O2. The largest absolute Gasteiger partial charge is 0.424 e. The second-order valence-electron chi connectivity index (χ2n) is 5.68. The average Bonchev–Trinajstić information content (AvgIpc) is 2.62. The zero-order chi connectivity index (χ0) is 19.4. The molecule has 27 heavy (non-hydrogen) atoms. The third-order valence-electron chi connectivity index (χ3n) is 3.62. The van der Waals surface area contributed by atoms with Crippen LogP contribution >= 0.6 is 11.6 Å². The van der Waals surface area contributed by atoms with Crippen molar-refractivity contribution in [3.05, 3.63) is 70.8 Å². The van der Waals surface area contributed by atoms with Gasteiger partial charge in [0.2, 0.25) is 0 Å². The van der Waals surface area contributed by atoms with Gasteiger partial charge in [-0.15, -0.1) is 0 Å². The van der Waals surface area contributed by atoms with Crippen LogP contribution in [0.25, 0.3) is 0 Å². The van der Waals surface area contributed by atoms with Crippen LogP contribution in [-0.2, 0) is 0 Å². The number of hydrogen-bond acceptors (Lipinski definition) is 4. The highest BCUT2D eigenvalue weighted by atomic mass is 35.5. The van der Waals surface area contributed by atoms with Gasteiger partial charge in [-0.25, -0.2) is 9.18 Å². The van der Waals surface area contributed by atoms with Crippen LogP contribution in [0.1, 0.15) is 11.4 Å². The molecule has 1 aromatic heterocycles. The summed E-state index contributed by atoms with van der Waals surface area (Å²) in [4.78, 5) is 20.7. The number of benzene rings is 2. The molecule has 2 aromatic carbocycles. The van der Waals surface area contributed by atoms with Crippen molar-refractivity contribution in [2.24, 2.45) is 0 Å². The van der Waals surface area contributed by atoms with Crippen molar-refractivity contribution in [1.29, 1.82) is 0 Å². The summed E-state index contributed by atoms with van der Waals surface area (Å²) in [5, 5.41) is 5.19. The molecule has 0 aliphatic heterocycles. The summed E-state index contributed by atoms with van der Waals surface area (Å²) in [5.41, 5.74) is 1.90. The monoisotopic (exact) mass is 386 g/mol. The molecule has 1 heterocycles. The summed E-state index contributed by atoms with van der Waals surface area (Å²) in [6.45, 7) is 3.47. The summed E-state index contributed by atoms with van der Waals surface area (Å²) < 4.78 is 18.8. The van der Waals surface area contributed by atoms with E-state index in [9.17, 15) is 9.18 Å². The van der Waals surface area contributed by atoms with Gasteiger partial charge in [-0.1, -0.05) is 29.8 Å². The highest BCUT2D eigenvalue weighted by Crippen LogP contribution is 2.24. The van der Waals surface area contributed by atoms with Crippen LogP contribution in [0.5, 0.6) is 11.8 Å². The van der Waals surface area contributed by atoms with Gasteiger partial charge in [-0.2, -0.15) is 9.97 Å². The van der Waals surface area contributed by atoms with Gasteiger partial charge in [0.15, 0.2) is 0 Å². The molecule has 138 valence electrons. The minimum atomic E-state index is -0.559. The Hall–Kier alpha value is -3.19. The molecule has 6 nitrogen and oxygen atoms in total. The van der Waals surface area contributed by atoms with Gasteiger partial charge in [0.1, 0.15) is 11.6 Å². The second-order valence-corrected chi connectivity index (χ2v) is 6.08. The predicted octanol–water partition coefficient (Wildman–Crippen LogP) is 5.32. The quantitative estimate of drug-likeness (QED) is 0.636. The van der Waals surface area contributed by atoms with E-state index in [1.807, 2.05) is 18.2 Å². The van der Waals surface area contributed by atoms with Crippen molar-refractivity contribution in [1.82, 2.24) is 9.97 Å². The van der Waals surface area contributed by atoms with Gasteiger partial charge in [0.05, 0.1) is 22.1 Å². The molecule has 0 spiro atoms. The van der Waals surface area contributed by atoms with Crippen molar-refractivity contribution >= 4 is 29.0 Å². The van der Waals surface area contributed by atoms with Gasteiger partial charge in [0.25, 0.3) is 0 Å². The molecule has 0 fully saturated rings. The topological polar surface area (TPSA) is 76.1 Å². The van der Waals surface area contributed by atoms with Crippen molar-refractivity contribution in [3.63, 3.8) is 0 Å². The van der Waals surface area contributed by atoms with E-state index in [2.05, 4.69) is 20.6 Å². The number of halogens is 2. The van der Waals surface area contributed by atoms with Crippen LogP contribution in [-0.4, -0.2) is 16.0 Å². The number of carbonyl (C=O) groups excluding carboxylic acids is 1. The molecular weight excluding hydrogens is 371 g/mol. The fourth-order valence-corrected chi connectivity index (χ4v) is 2.54. The molecule has 0 saturated carbocycles. The van der Waals surface area contributed by atoms with Crippen molar-refractivity contribution < 1.29 is 13.9 Å². The molecule has 0 atom stereocenters. The number of ether oxygens (including phenoxy) is 1. The van der Waals surface area contributed by atoms with E-state index in [4.69, 9.17) is 16.3 Å². The third-order valence-corrected chi connectivity index (χ3v) is 3.91. The number of hydrogen-bond donors (Lipinski definition) is 2. The molecule has 0 saturated heterocycles. The molecule has 2 amide bonds. The van der Waals surface area contributed by atoms with Crippen molar-refractivity contribution in [2.75, 3.05) is 10.6 Å². The smallest absolute Gasteiger partial charge is 0.323 e. The van der Waals surface area contributed by atoms with E-state index in [0.717, 1.165) is 0 Å². The molecule has 2 N–H and O–H groups in total. The van der Waals surface area contributed by atoms with E-state index in [-0.39, 0.29) is 11.0 Å².